The lowest BCUT2D eigenvalue weighted by Gasteiger charge is -2.12. The zero-order chi connectivity index (χ0) is 26.2. The lowest BCUT2D eigenvalue weighted by atomic mass is 9.99. The third kappa shape index (κ3) is 5.09. The molecule has 188 valence electrons. The summed E-state index contributed by atoms with van der Waals surface area (Å²) in [6.45, 7) is -0.520. The van der Waals surface area contributed by atoms with Crippen LogP contribution in [0.5, 0.6) is 0 Å². The molecule has 0 spiro atoms. The second kappa shape index (κ2) is 9.76. The van der Waals surface area contributed by atoms with Crippen LogP contribution in [0.25, 0.3) is 22.2 Å². The van der Waals surface area contributed by atoms with Crippen LogP contribution in [0.2, 0.25) is 0 Å². The number of aryl methyl sites for hydroxylation is 2. The van der Waals surface area contributed by atoms with E-state index in [0.29, 0.717) is 24.1 Å². The Labute approximate surface area is 208 Å². The molecular weight excluding hydrogens is 490 g/mol. The van der Waals surface area contributed by atoms with Crippen LogP contribution in [0.4, 0.5) is 26.3 Å². The molecule has 0 unspecified atom stereocenters. The molecule has 0 fully saturated rings. The maximum atomic E-state index is 14.5. The van der Waals surface area contributed by atoms with Crippen molar-refractivity contribution in [3.05, 3.63) is 125 Å². The number of halogens is 6. The van der Waals surface area contributed by atoms with Gasteiger partial charge >= 0.3 is 6.18 Å². The Morgan fingerprint density at radius 3 is 2.05 bits per heavy atom. The molecule has 1 heterocycles. The second-order valence-electron chi connectivity index (χ2n) is 8.74. The zero-order valence-electron chi connectivity index (χ0n) is 19.4. The molecule has 0 saturated heterocycles. The third-order valence-corrected chi connectivity index (χ3v) is 6.23. The molecular formula is C29H20F6N2. The van der Waals surface area contributed by atoms with Crippen molar-refractivity contribution < 1.29 is 26.3 Å². The van der Waals surface area contributed by atoms with Crippen LogP contribution in [0, 0.1) is 17.5 Å². The highest BCUT2D eigenvalue weighted by Crippen LogP contribution is 2.38. The van der Waals surface area contributed by atoms with Gasteiger partial charge < -0.3 is 0 Å². The Bertz CT molecular complexity index is 1550. The number of aromatic nitrogens is 2. The Morgan fingerprint density at radius 2 is 1.35 bits per heavy atom. The lowest BCUT2D eigenvalue weighted by molar-refractivity contribution is -0.136. The average molecular weight is 510 g/mol. The molecule has 0 amide bonds. The molecule has 0 bridgehead atoms. The highest BCUT2D eigenvalue weighted by atomic mass is 19.4. The topological polar surface area (TPSA) is 17.8 Å². The van der Waals surface area contributed by atoms with Crippen LogP contribution < -0.4 is 0 Å². The van der Waals surface area contributed by atoms with Crippen LogP contribution in [-0.4, -0.2) is 9.78 Å². The number of fused-ring (bicyclic) bond motifs is 1. The van der Waals surface area contributed by atoms with E-state index >= 15 is 0 Å². The van der Waals surface area contributed by atoms with E-state index in [-0.39, 0.29) is 16.6 Å². The van der Waals surface area contributed by atoms with Crippen LogP contribution >= 0.6 is 0 Å². The van der Waals surface area contributed by atoms with Gasteiger partial charge in [-0.3, -0.25) is 4.68 Å². The first-order valence-electron chi connectivity index (χ1n) is 11.5. The highest BCUT2D eigenvalue weighted by molar-refractivity contribution is 5.95. The zero-order valence-corrected chi connectivity index (χ0v) is 19.4. The number of alkyl halides is 3. The van der Waals surface area contributed by atoms with E-state index in [2.05, 4.69) is 5.10 Å². The number of nitrogens with zero attached hydrogens (tertiary/aromatic N) is 2. The Balaban J connectivity index is 1.63. The fourth-order valence-corrected chi connectivity index (χ4v) is 4.48. The minimum absolute atomic E-state index is 0.193. The van der Waals surface area contributed by atoms with Gasteiger partial charge in [0.1, 0.15) is 23.0 Å². The van der Waals surface area contributed by atoms with Crippen molar-refractivity contribution >= 4 is 10.9 Å². The van der Waals surface area contributed by atoms with Crippen LogP contribution in [-0.2, 0) is 25.6 Å². The van der Waals surface area contributed by atoms with Gasteiger partial charge in [0.2, 0.25) is 0 Å². The Morgan fingerprint density at radius 1 is 0.703 bits per heavy atom. The minimum atomic E-state index is -4.68. The Kier molecular flexibility index (Phi) is 6.50. The first-order valence-corrected chi connectivity index (χ1v) is 11.5. The van der Waals surface area contributed by atoms with Crippen LogP contribution in [0.15, 0.2) is 84.9 Å². The fraction of sp³-hybridized carbons (Fsp3) is 0.138. The monoisotopic (exact) mass is 510 g/mol. The summed E-state index contributed by atoms with van der Waals surface area (Å²) in [7, 11) is 0. The normalized spacial score (nSPS) is 11.8. The SMILES string of the molecule is Fc1cc(F)c(Cn2nc3c(C(F)(F)F)cccc3c2-c2cccc(CCc3ccccc3)c2)c(F)c1. The van der Waals surface area contributed by atoms with E-state index in [1.165, 1.54) is 12.1 Å². The number of rotatable bonds is 6. The number of hydrogen-bond acceptors (Lipinski definition) is 1. The van der Waals surface area contributed by atoms with E-state index in [4.69, 9.17) is 0 Å². The first kappa shape index (κ1) is 24.6. The summed E-state index contributed by atoms with van der Waals surface area (Å²) >= 11 is 0. The molecule has 37 heavy (non-hydrogen) atoms. The molecule has 5 rings (SSSR count). The molecule has 0 radical (unpaired) electrons. The molecule has 8 heteroatoms. The lowest BCUT2D eigenvalue weighted by Crippen LogP contribution is -2.09. The van der Waals surface area contributed by atoms with Crippen molar-refractivity contribution in [1.29, 1.82) is 0 Å². The summed E-state index contributed by atoms with van der Waals surface area (Å²) in [6.07, 6.45) is -3.24. The standard InChI is InChI=1S/C29H20F6N2/c30-21-15-25(31)23(26(32)16-21)17-37-28(22-10-5-11-24(27(22)36-37)29(33,34)35)20-9-4-8-19(14-20)13-12-18-6-2-1-3-7-18/h1-11,14-16H,12-13,17H2. The van der Waals surface area contributed by atoms with Crippen molar-refractivity contribution in [2.75, 3.05) is 0 Å². The van der Waals surface area contributed by atoms with Crippen molar-refractivity contribution in [3.63, 3.8) is 0 Å². The maximum Gasteiger partial charge on any atom is 0.418 e. The summed E-state index contributed by atoms with van der Waals surface area (Å²) in [5, 5.41) is 4.34. The molecule has 0 aliphatic heterocycles. The number of benzene rings is 4. The van der Waals surface area contributed by atoms with Gasteiger partial charge in [-0.15, -0.1) is 0 Å². The minimum Gasteiger partial charge on any atom is -0.259 e. The van der Waals surface area contributed by atoms with Gasteiger partial charge in [-0.25, -0.2) is 13.2 Å². The van der Waals surface area contributed by atoms with Crippen molar-refractivity contribution in [3.8, 4) is 11.3 Å². The van der Waals surface area contributed by atoms with Crippen LogP contribution in [0.1, 0.15) is 22.3 Å². The predicted molar refractivity (Wildman–Crippen MR) is 129 cm³/mol. The first-order chi connectivity index (χ1) is 17.7. The summed E-state index contributed by atoms with van der Waals surface area (Å²) in [4.78, 5) is 0. The molecule has 5 aromatic rings. The van der Waals surface area contributed by atoms with Crippen LogP contribution in [0.3, 0.4) is 0 Å². The van der Waals surface area contributed by atoms with Gasteiger partial charge in [0.15, 0.2) is 0 Å². The van der Waals surface area contributed by atoms with E-state index < -0.39 is 41.3 Å². The Hall–Kier alpha value is -4.07. The van der Waals surface area contributed by atoms with Gasteiger partial charge in [-0.05, 0) is 36.1 Å². The van der Waals surface area contributed by atoms with Gasteiger partial charge in [0.25, 0.3) is 0 Å². The third-order valence-electron chi connectivity index (χ3n) is 6.23. The highest BCUT2D eigenvalue weighted by Gasteiger charge is 2.34. The summed E-state index contributed by atoms with van der Waals surface area (Å²) < 4.78 is 84.9. The maximum absolute atomic E-state index is 14.5. The molecule has 0 saturated carbocycles. The predicted octanol–water partition coefficient (Wildman–Crippen LogP) is 7.97. The fourth-order valence-electron chi connectivity index (χ4n) is 4.48. The van der Waals surface area contributed by atoms with Crippen molar-refractivity contribution in [2.24, 2.45) is 0 Å². The quantitative estimate of drug-likeness (QED) is 0.212. The molecule has 1 aromatic heterocycles. The van der Waals surface area contributed by atoms with Gasteiger partial charge in [-0.1, -0.05) is 60.7 Å². The molecule has 4 aromatic carbocycles. The van der Waals surface area contributed by atoms with Crippen molar-refractivity contribution in [2.45, 2.75) is 25.6 Å². The van der Waals surface area contributed by atoms with Gasteiger partial charge in [0, 0.05) is 28.6 Å². The van der Waals surface area contributed by atoms with E-state index in [9.17, 15) is 26.3 Å². The summed E-state index contributed by atoms with van der Waals surface area (Å²) in [5.74, 6) is -3.37. The molecule has 2 nitrogen and oxygen atoms in total. The van der Waals surface area contributed by atoms with Crippen molar-refractivity contribution in [1.82, 2.24) is 9.78 Å². The molecule has 0 aliphatic rings. The van der Waals surface area contributed by atoms with E-state index in [1.807, 2.05) is 42.5 Å². The second-order valence-corrected chi connectivity index (χ2v) is 8.74. The van der Waals surface area contributed by atoms with E-state index in [1.54, 1.807) is 12.1 Å². The number of hydrogen-bond donors (Lipinski definition) is 0. The molecule has 0 aliphatic carbocycles. The largest absolute Gasteiger partial charge is 0.418 e. The summed E-state index contributed by atoms with van der Waals surface area (Å²) in [5.41, 5.74) is 1.13. The van der Waals surface area contributed by atoms with E-state index in [0.717, 1.165) is 28.3 Å². The molecule has 0 N–H and O–H groups in total. The summed E-state index contributed by atoms with van der Waals surface area (Å²) in [6, 6.07) is 21.9. The van der Waals surface area contributed by atoms with Gasteiger partial charge in [0.05, 0.1) is 17.8 Å². The van der Waals surface area contributed by atoms with Gasteiger partial charge in [-0.2, -0.15) is 18.3 Å². The smallest absolute Gasteiger partial charge is 0.259 e. The average Bonchev–Trinajstić information content (AvgIpc) is 3.23. The molecule has 0 atom stereocenters.